The van der Waals surface area contributed by atoms with E-state index in [2.05, 4.69) is 20.4 Å². The lowest BCUT2D eigenvalue weighted by molar-refractivity contribution is -0.125. The van der Waals surface area contributed by atoms with Crippen LogP contribution in [0.15, 0.2) is 0 Å². The minimum atomic E-state index is 0.100. The zero-order valence-electron chi connectivity index (χ0n) is 14.3. The molecule has 1 aliphatic carbocycles. The smallest absolute Gasteiger partial charge is 0.221 e. The van der Waals surface area contributed by atoms with Gasteiger partial charge in [-0.3, -0.25) is 14.6 Å². The summed E-state index contributed by atoms with van der Waals surface area (Å²) in [6.07, 6.45) is 5.50. The van der Waals surface area contributed by atoms with Gasteiger partial charge in [-0.15, -0.1) is 0 Å². The second kappa shape index (κ2) is 8.42. The normalized spacial score (nSPS) is 26.3. The average Bonchev–Trinajstić information content (AvgIpc) is 3.06. The summed E-state index contributed by atoms with van der Waals surface area (Å²) in [5, 5.41) is 6.52. The molecular weight excluding hydrogens is 292 g/mol. The molecule has 2 heterocycles. The van der Waals surface area contributed by atoms with Crippen LogP contribution in [-0.2, 0) is 9.53 Å². The molecule has 0 radical (unpaired) electrons. The summed E-state index contributed by atoms with van der Waals surface area (Å²) in [5.41, 5.74) is 0.100. The van der Waals surface area contributed by atoms with Crippen LogP contribution in [0.3, 0.4) is 0 Å². The Kier molecular flexibility index (Phi) is 6.28. The zero-order valence-corrected chi connectivity index (χ0v) is 14.3. The highest BCUT2D eigenvalue weighted by Crippen LogP contribution is 2.38. The number of amides is 1. The Morgan fingerprint density at radius 1 is 1.09 bits per heavy atom. The molecule has 0 bridgehead atoms. The van der Waals surface area contributed by atoms with E-state index in [-0.39, 0.29) is 11.4 Å². The number of ether oxygens (including phenoxy) is 1. The van der Waals surface area contributed by atoms with Crippen molar-refractivity contribution in [3.05, 3.63) is 0 Å². The van der Waals surface area contributed by atoms with E-state index in [0.29, 0.717) is 6.42 Å². The average molecular weight is 324 g/mol. The van der Waals surface area contributed by atoms with Crippen molar-refractivity contribution in [3.8, 4) is 0 Å². The van der Waals surface area contributed by atoms with Crippen LogP contribution in [0, 0.1) is 0 Å². The van der Waals surface area contributed by atoms with Crippen molar-refractivity contribution >= 4 is 5.91 Å². The molecule has 6 heteroatoms. The lowest BCUT2D eigenvalue weighted by Gasteiger charge is -2.43. The highest BCUT2D eigenvalue weighted by atomic mass is 16.5. The molecule has 3 aliphatic rings. The van der Waals surface area contributed by atoms with Gasteiger partial charge in [0, 0.05) is 64.3 Å². The Bertz CT molecular complexity index is 373. The topological polar surface area (TPSA) is 56.8 Å². The molecule has 3 rings (SSSR count). The van der Waals surface area contributed by atoms with Gasteiger partial charge in [-0.05, 0) is 12.8 Å². The van der Waals surface area contributed by atoms with Crippen LogP contribution >= 0.6 is 0 Å². The number of piperazine rings is 1. The van der Waals surface area contributed by atoms with Gasteiger partial charge in [0.05, 0.1) is 13.2 Å². The van der Waals surface area contributed by atoms with Crippen molar-refractivity contribution in [3.63, 3.8) is 0 Å². The number of hydrogen-bond acceptors (Lipinski definition) is 5. The standard InChI is InChI=1S/C17H32N4O2/c22-16(19-7-10-20-8-5-18-6-9-20)15-17(3-1-2-4-17)21-11-13-23-14-12-21/h18H,1-15H2,(H,19,22). The molecule has 1 amide bonds. The maximum Gasteiger partial charge on any atom is 0.221 e. The predicted molar refractivity (Wildman–Crippen MR) is 90.5 cm³/mol. The molecule has 2 N–H and O–H groups in total. The number of morpholine rings is 1. The van der Waals surface area contributed by atoms with E-state index in [1.165, 1.54) is 12.8 Å². The minimum Gasteiger partial charge on any atom is -0.379 e. The van der Waals surface area contributed by atoms with E-state index >= 15 is 0 Å². The number of nitrogens with one attached hydrogen (secondary N) is 2. The van der Waals surface area contributed by atoms with E-state index < -0.39 is 0 Å². The van der Waals surface area contributed by atoms with Gasteiger partial charge >= 0.3 is 0 Å². The van der Waals surface area contributed by atoms with Gasteiger partial charge in [-0.1, -0.05) is 12.8 Å². The second-order valence-corrected chi connectivity index (χ2v) is 7.15. The number of carbonyl (C=O) groups is 1. The fourth-order valence-electron chi connectivity index (χ4n) is 4.33. The van der Waals surface area contributed by atoms with Crippen molar-refractivity contribution in [1.82, 2.24) is 20.4 Å². The summed E-state index contributed by atoms with van der Waals surface area (Å²) in [4.78, 5) is 17.4. The quantitative estimate of drug-likeness (QED) is 0.723. The van der Waals surface area contributed by atoms with Crippen LogP contribution in [0.25, 0.3) is 0 Å². The molecule has 23 heavy (non-hydrogen) atoms. The van der Waals surface area contributed by atoms with Crippen LogP contribution in [0.5, 0.6) is 0 Å². The Morgan fingerprint density at radius 2 is 1.78 bits per heavy atom. The summed E-state index contributed by atoms with van der Waals surface area (Å²) < 4.78 is 5.49. The van der Waals surface area contributed by atoms with Crippen molar-refractivity contribution < 1.29 is 9.53 Å². The van der Waals surface area contributed by atoms with Crippen molar-refractivity contribution in [2.75, 3.05) is 65.6 Å². The Labute approximate surface area is 139 Å². The highest BCUT2D eigenvalue weighted by molar-refractivity contribution is 5.77. The maximum absolute atomic E-state index is 12.5. The molecule has 3 fully saturated rings. The molecule has 2 aliphatic heterocycles. The van der Waals surface area contributed by atoms with E-state index in [1.54, 1.807) is 0 Å². The number of carbonyl (C=O) groups excluding carboxylic acids is 1. The van der Waals surface area contributed by atoms with Crippen molar-refractivity contribution in [2.24, 2.45) is 0 Å². The van der Waals surface area contributed by atoms with Crippen LogP contribution in [0.4, 0.5) is 0 Å². The first-order valence-corrected chi connectivity index (χ1v) is 9.31. The Morgan fingerprint density at radius 3 is 2.48 bits per heavy atom. The first kappa shape index (κ1) is 17.1. The molecule has 0 aromatic rings. The monoisotopic (exact) mass is 324 g/mol. The Hall–Kier alpha value is -0.690. The van der Waals surface area contributed by atoms with Crippen molar-refractivity contribution in [2.45, 2.75) is 37.6 Å². The maximum atomic E-state index is 12.5. The van der Waals surface area contributed by atoms with Gasteiger partial charge in [-0.2, -0.15) is 0 Å². The fourth-order valence-corrected chi connectivity index (χ4v) is 4.33. The summed E-state index contributed by atoms with van der Waals surface area (Å²) >= 11 is 0. The fraction of sp³-hybridized carbons (Fsp3) is 0.941. The van der Waals surface area contributed by atoms with Crippen LogP contribution in [0.1, 0.15) is 32.1 Å². The third kappa shape index (κ3) is 4.66. The zero-order chi connectivity index (χ0) is 16.0. The lowest BCUT2D eigenvalue weighted by atomic mass is 9.90. The molecular formula is C17H32N4O2. The summed E-state index contributed by atoms with van der Waals surface area (Å²) in [6, 6.07) is 0. The predicted octanol–water partition coefficient (Wildman–Crippen LogP) is 0.0429. The molecule has 6 nitrogen and oxygen atoms in total. The summed E-state index contributed by atoms with van der Waals surface area (Å²) in [6.45, 7) is 9.64. The minimum absolute atomic E-state index is 0.100. The third-order valence-electron chi connectivity index (χ3n) is 5.67. The number of rotatable bonds is 6. The molecule has 0 atom stereocenters. The molecule has 0 aromatic carbocycles. The molecule has 0 unspecified atom stereocenters. The van der Waals surface area contributed by atoms with E-state index in [9.17, 15) is 4.79 Å². The van der Waals surface area contributed by atoms with Crippen LogP contribution < -0.4 is 10.6 Å². The molecule has 132 valence electrons. The van der Waals surface area contributed by atoms with Gasteiger partial charge in [-0.25, -0.2) is 0 Å². The van der Waals surface area contributed by atoms with Crippen molar-refractivity contribution in [1.29, 1.82) is 0 Å². The van der Waals surface area contributed by atoms with Gasteiger partial charge in [0.1, 0.15) is 0 Å². The van der Waals surface area contributed by atoms with E-state index in [4.69, 9.17) is 4.74 Å². The summed E-state index contributed by atoms with van der Waals surface area (Å²) in [5.74, 6) is 0.230. The molecule has 1 saturated carbocycles. The van der Waals surface area contributed by atoms with Crippen LogP contribution in [0.2, 0.25) is 0 Å². The van der Waals surface area contributed by atoms with E-state index in [0.717, 1.165) is 78.4 Å². The molecule has 2 saturated heterocycles. The van der Waals surface area contributed by atoms with Gasteiger partial charge in [0.25, 0.3) is 0 Å². The third-order valence-corrected chi connectivity index (χ3v) is 5.67. The second-order valence-electron chi connectivity index (χ2n) is 7.15. The SMILES string of the molecule is O=C(CC1(N2CCOCC2)CCCC1)NCCN1CCNCC1. The molecule has 0 aromatic heterocycles. The summed E-state index contributed by atoms with van der Waals surface area (Å²) in [7, 11) is 0. The highest BCUT2D eigenvalue weighted by Gasteiger charge is 2.41. The lowest BCUT2D eigenvalue weighted by Crippen LogP contribution is -2.54. The number of nitrogens with zero attached hydrogens (tertiary/aromatic N) is 2. The largest absolute Gasteiger partial charge is 0.379 e. The van der Waals surface area contributed by atoms with Gasteiger partial charge in [0.15, 0.2) is 0 Å². The van der Waals surface area contributed by atoms with E-state index in [1.807, 2.05) is 0 Å². The van der Waals surface area contributed by atoms with Crippen LogP contribution in [-0.4, -0.2) is 86.8 Å². The first-order valence-electron chi connectivity index (χ1n) is 9.31. The van der Waals surface area contributed by atoms with Gasteiger partial charge < -0.3 is 15.4 Å². The van der Waals surface area contributed by atoms with Gasteiger partial charge in [0.2, 0.25) is 5.91 Å². The molecule has 0 spiro atoms. The Balaban J connectivity index is 1.44. The first-order chi connectivity index (χ1) is 11.3. The number of hydrogen-bond donors (Lipinski definition) is 2.